The fraction of sp³-hybridized carbons (Fsp3) is 0.250. The largest absolute Gasteiger partial charge is 0.473 e. The number of aromatic nitrogens is 2. The minimum Gasteiger partial charge on any atom is -0.473 e. The van der Waals surface area contributed by atoms with Crippen LogP contribution in [0.4, 0.5) is 8.78 Å². The molecule has 7 heteroatoms. The monoisotopic (exact) mass is 392 g/mol. The zero-order valence-corrected chi connectivity index (χ0v) is 15.5. The number of aliphatic hydroxyl groups excluding tert-OH is 1. The Morgan fingerprint density at radius 3 is 2.41 bits per heavy atom. The molecule has 3 aromatic rings. The van der Waals surface area contributed by atoms with E-state index in [1.165, 1.54) is 10.7 Å². The normalized spacial score (nSPS) is 11.6. The molecule has 142 valence electrons. The summed E-state index contributed by atoms with van der Waals surface area (Å²) in [7, 11) is 0. The molecule has 0 aliphatic carbocycles. The molecule has 0 atom stereocenters. The Hall–Kier alpha value is -2.44. The van der Waals surface area contributed by atoms with Gasteiger partial charge in [0, 0.05) is 19.6 Å². The highest BCUT2D eigenvalue weighted by Crippen LogP contribution is 2.32. The van der Waals surface area contributed by atoms with Gasteiger partial charge >= 0.3 is 0 Å². The molecule has 0 bridgehead atoms. The number of hydrogen-bond acceptors (Lipinski definition) is 3. The summed E-state index contributed by atoms with van der Waals surface area (Å²) in [6.07, 6.45) is 0.579. The van der Waals surface area contributed by atoms with Crippen LogP contribution < -0.4 is 4.74 Å². The van der Waals surface area contributed by atoms with E-state index in [1.54, 1.807) is 24.3 Å². The highest BCUT2D eigenvalue weighted by atomic mass is 35.5. The van der Waals surface area contributed by atoms with Crippen LogP contribution in [0.2, 0.25) is 5.02 Å². The summed E-state index contributed by atoms with van der Waals surface area (Å²) in [5.74, 6) is -2.92. The molecule has 3 rings (SSSR count). The summed E-state index contributed by atoms with van der Waals surface area (Å²) in [6, 6.07) is 15.6. The van der Waals surface area contributed by atoms with Crippen molar-refractivity contribution in [3.8, 4) is 11.6 Å². The number of benzene rings is 2. The molecule has 27 heavy (non-hydrogen) atoms. The van der Waals surface area contributed by atoms with Crippen LogP contribution in [-0.4, -0.2) is 21.5 Å². The Kier molecular flexibility index (Phi) is 5.77. The average Bonchev–Trinajstić information content (AvgIpc) is 3.06. The van der Waals surface area contributed by atoms with Crippen molar-refractivity contribution >= 4 is 11.6 Å². The quantitative estimate of drug-likeness (QED) is 0.631. The second-order valence-corrected chi connectivity index (χ2v) is 6.61. The topological polar surface area (TPSA) is 47.3 Å². The number of halogens is 3. The van der Waals surface area contributed by atoms with Crippen molar-refractivity contribution in [2.75, 3.05) is 6.61 Å². The lowest BCUT2D eigenvalue weighted by molar-refractivity contribution is 0.0124. The van der Waals surface area contributed by atoms with Crippen LogP contribution in [0, 0.1) is 0 Å². The molecular formula is C20H19ClF2N2O2. The van der Waals surface area contributed by atoms with Crippen LogP contribution in [-0.2, 0) is 19.0 Å². The molecule has 0 aliphatic heterocycles. The van der Waals surface area contributed by atoms with E-state index in [0.29, 0.717) is 17.1 Å². The maximum absolute atomic E-state index is 13.8. The van der Waals surface area contributed by atoms with E-state index in [0.717, 1.165) is 18.1 Å². The second-order valence-electron chi connectivity index (χ2n) is 6.20. The van der Waals surface area contributed by atoms with Crippen LogP contribution in [0.25, 0.3) is 5.69 Å². The lowest BCUT2D eigenvalue weighted by Crippen LogP contribution is -2.09. The number of para-hydroxylation sites is 1. The van der Waals surface area contributed by atoms with Crippen LogP contribution in [0.15, 0.2) is 54.6 Å². The van der Waals surface area contributed by atoms with Gasteiger partial charge in [-0.1, -0.05) is 48.0 Å². The van der Waals surface area contributed by atoms with Gasteiger partial charge in [-0.3, -0.25) is 0 Å². The van der Waals surface area contributed by atoms with Gasteiger partial charge in [0.15, 0.2) is 0 Å². The van der Waals surface area contributed by atoms with Crippen molar-refractivity contribution in [2.24, 2.45) is 0 Å². The van der Waals surface area contributed by atoms with Gasteiger partial charge in [-0.15, -0.1) is 0 Å². The lowest BCUT2D eigenvalue weighted by Gasteiger charge is -2.11. The average molecular weight is 393 g/mol. The van der Waals surface area contributed by atoms with Crippen molar-refractivity contribution in [3.63, 3.8) is 0 Å². The third kappa shape index (κ3) is 4.64. The van der Waals surface area contributed by atoms with Gasteiger partial charge in [-0.25, -0.2) is 0 Å². The summed E-state index contributed by atoms with van der Waals surface area (Å²) in [6.45, 7) is 1.06. The fourth-order valence-electron chi connectivity index (χ4n) is 2.57. The fourth-order valence-corrected chi connectivity index (χ4v) is 2.78. The maximum atomic E-state index is 13.8. The minimum absolute atomic E-state index is 0.0842. The third-order valence-electron chi connectivity index (χ3n) is 4.02. The zero-order chi connectivity index (χ0) is 19.4. The van der Waals surface area contributed by atoms with Crippen LogP contribution in [0.1, 0.15) is 23.7 Å². The first-order valence-electron chi connectivity index (χ1n) is 8.43. The summed E-state index contributed by atoms with van der Waals surface area (Å²) in [5.41, 5.74) is 1.95. The Morgan fingerprint density at radius 2 is 1.78 bits per heavy atom. The van der Waals surface area contributed by atoms with Gasteiger partial charge in [-0.2, -0.15) is 18.6 Å². The molecule has 0 unspecified atom stereocenters. The highest BCUT2D eigenvalue weighted by Gasteiger charge is 2.30. The minimum atomic E-state index is -3.10. The Morgan fingerprint density at radius 1 is 1.11 bits per heavy atom. The molecule has 0 saturated heterocycles. The lowest BCUT2D eigenvalue weighted by atomic mass is 10.1. The van der Waals surface area contributed by atoms with Gasteiger partial charge < -0.3 is 9.84 Å². The highest BCUT2D eigenvalue weighted by molar-refractivity contribution is 6.32. The van der Waals surface area contributed by atoms with Gasteiger partial charge in [0.2, 0.25) is 5.88 Å². The van der Waals surface area contributed by atoms with Crippen molar-refractivity contribution in [1.82, 2.24) is 9.78 Å². The Labute approximate surface area is 161 Å². The van der Waals surface area contributed by atoms with Crippen LogP contribution >= 0.6 is 11.6 Å². The molecule has 0 amide bonds. The van der Waals surface area contributed by atoms with E-state index in [9.17, 15) is 8.78 Å². The van der Waals surface area contributed by atoms with Gasteiger partial charge in [-0.05, 0) is 29.7 Å². The zero-order valence-electron chi connectivity index (χ0n) is 14.7. The van der Waals surface area contributed by atoms with E-state index in [-0.39, 0.29) is 19.1 Å². The van der Waals surface area contributed by atoms with Gasteiger partial charge in [0.25, 0.3) is 5.92 Å². The molecule has 0 aliphatic rings. The van der Waals surface area contributed by atoms with E-state index in [1.807, 2.05) is 24.3 Å². The van der Waals surface area contributed by atoms with Crippen molar-refractivity contribution in [2.45, 2.75) is 25.9 Å². The molecule has 2 aromatic carbocycles. The number of aliphatic hydroxyl groups is 1. The molecular weight excluding hydrogens is 374 g/mol. The van der Waals surface area contributed by atoms with Crippen molar-refractivity contribution in [1.29, 1.82) is 0 Å². The van der Waals surface area contributed by atoms with Gasteiger partial charge in [0.05, 0.1) is 10.7 Å². The number of hydrogen-bond donors (Lipinski definition) is 1. The third-order valence-corrected chi connectivity index (χ3v) is 4.34. The van der Waals surface area contributed by atoms with Crippen LogP contribution in [0.5, 0.6) is 5.88 Å². The van der Waals surface area contributed by atoms with E-state index in [4.69, 9.17) is 21.4 Å². The second kappa shape index (κ2) is 8.06. The summed E-state index contributed by atoms with van der Waals surface area (Å²) in [5, 5.41) is 13.3. The molecule has 0 radical (unpaired) electrons. The molecule has 1 N–H and O–H groups in total. The first kappa shape index (κ1) is 19.3. The molecule has 1 aromatic heterocycles. The Balaban J connectivity index is 1.87. The molecule has 0 spiro atoms. The summed E-state index contributed by atoms with van der Waals surface area (Å²) < 4.78 is 34.6. The predicted molar refractivity (Wildman–Crippen MR) is 99.7 cm³/mol. The van der Waals surface area contributed by atoms with Crippen LogP contribution in [0.3, 0.4) is 0 Å². The SMILES string of the molecule is CC(F)(F)c1cc(OCc2ccc(CCO)cc2)n(-c2ccccc2Cl)n1. The smallest absolute Gasteiger partial charge is 0.288 e. The predicted octanol–water partition coefficient (Wildman–Crippen LogP) is 4.75. The molecule has 4 nitrogen and oxygen atoms in total. The van der Waals surface area contributed by atoms with Gasteiger partial charge in [0.1, 0.15) is 12.3 Å². The standard InChI is InChI=1S/C20H19ClF2N2O2/c1-20(22,23)18-12-19(25(24-18)17-5-3-2-4-16(17)21)27-13-15-8-6-14(7-9-15)10-11-26/h2-9,12,26H,10-11,13H2,1H3. The summed E-state index contributed by atoms with van der Waals surface area (Å²) in [4.78, 5) is 0. The number of rotatable bonds is 7. The maximum Gasteiger partial charge on any atom is 0.288 e. The Bertz CT molecular complexity index is 905. The van der Waals surface area contributed by atoms with E-state index in [2.05, 4.69) is 5.10 Å². The number of ether oxygens (including phenoxy) is 1. The molecule has 1 heterocycles. The molecule has 0 fully saturated rings. The van der Waals surface area contributed by atoms with E-state index >= 15 is 0 Å². The number of nitrogens with zero attached hydrogens (tertiary/aromatic N) is 2. The first-order valence-corrected chi connectivity index (χ1v) is 8.81. The van der Waals surface area contributed by atoms with E-state index < -0.39 is 11.6 Å². The van der Waals surface area contributed by atoms with Crippen molar-refractivity contribution in [3.05, 3.63) is 76.4 Å². The first-order chi connectivity index (χ1) is 12.9. The summed E-state index contributed by atoms with van der Waals surface area (Å²) >= 11 is 6.19. The van der Waals surface area contributed by atoms with Crippen molar-refractivity contribution < 1.29 is 18.6 Å². The number of alkyl halides is 2. The molecule has 0 saturated carbocycles.